The van der Waals surface area contributed by atoms with Gasteiger partial charge in [0, 0.05) is 0 Å². The number of rotatable bonds is 14. The highest BCUT2D eigenvalue weighted by atomic mass is 16.5. The molecule has 0 bridgehead atoms. The van der Waals surface area contributed by atoms with Crippen molar-refractivity contribution in [3.8, 4) is 0 Å². The lowest BCUT2D eigenvalue weighted by molar-refractivity contribution is 0.0388. The first-order chi connectivity index (χ1) is 17.7. The van der Waals surface area contributed by atoms with Crippen LogP contribution in [0.4, 0.5) is 0 Å². The minimum absolute atomic E-state index is 0.102. The molecule has 37 heavy (non-hydrogen) atoms. The van der Waals surface area contributed by atoms with Crippen molar-refractivity contribution in [2.45, 2.75) is 106 Å². The molecule has 0 heterocycles. The Morgan fingerprint density at radius 2 is 0.946 bits per heavy atom. The van der Waals surface area contributed by atoms with Gasteiger partial charge in [-0.25, -0.2) is 0 Å². The molecule has 0 aliphatic rings. The lowest BCUT2D eigenvalue weighted by Gasteiger charge is -2.24. The Kier molecular flexibility index (Phi) is 13.4. The first kappa shape index (κ1) is 30.6. The van der Waals surface area contributed by atoms with Crippen molar-refractivity contribution in [2.24, 2.45) is 0 Å². The van der Waals surface area contributed by atoms with Crippen LogP contribution in [-0.4, -0.2) is 0 Å². The van der Waals surface area contributed by atoms with Crippen LogP contribution >= 0.6 is 0 Å². The van der Waals surface area contributed by atoms with E-state index < -0.39 is 0 Å². The molecule has 0 saturated heterocycles. The minimum Gasteiger partial charge on any atom is -0.357 e. The molecule has 0 spiro atoms. The van der Waals surface area contributed by atoms with Crippen LogP contribution in [0.3, 0.4) is 0 Å². The first-order valence-electron chi connectivity index (χ1n) is 14.2. The van der Waals surface area contributed by atoms with E-state index in [-0.39, 0.29) is 12.2 Å². The molecule has 0 aromatic heterocycles. The largest absolute Gasteiger partial charge is 0.357 e. The van der Waals surface area contributed by atoms with Crippen molar-refractivity contribution < 1.29 is 4.74 Å². The summed E-state index contributed by atoms with van der Waals surface area (Å²) in [5.41, 5.74) is 10.6. The summed E-state index contributed by atoms with van der Waals surface area (Å²) in [6.07, 6.45) is 15.4. The molecule has 0 saturated carbocycles. The summed E-state index contributed by atoms with van der Waals surface area (Å²) in [5, 5.41) is 0. The lowest BCUT2D eigenvalue weighted by atomic mass is 9.99. The summed E-state index contributed by atoms with van der Waals surface area (Å²) >= 11 is 0. The average molecular weight is 499 g/mol. The minimum atomic E-state index is -0.102. The van der Waals surface area contributed by atoms with Crippen LogP contribution in [0.2, 0.25) is 0 Å². The van der Waals surface area contributed by atoms with E-state index in [4.69, 9.17) is 4.74 Å². The van der Waals surface area contributed by atoms with Gasteiger partial charge in [0.15, 0.2) is 0 Å². The smallest absolute Gasteiger partial charge is 0.102 e. The standard InChI is InChI=1S/C36H50O/c1-9-31-17-21-33(22-18-31)35(25-29(7)15-11-13-27(3)4)37-36(26-30(8)16-12-14-28(5)6)34-23-19-32(10-2)20-24-34/h13-14,17-26,35-36H,9-12,15-16H2,1-8H3/b29-25+,30-26+. The summed E-state index contributed by atoms with van der Waals surface area (Å²) in [7, 11) is 0. The Morgan fingerprint density at radius 1 is 0.595 bits per heavy atom. The Balaban J connectivity index is 2.42. The van der Waals surface area contributed by atoms with E-state index in [1.807, 2.05) is 0 Å². The van der Waals surface area contributed by atoms with Crippen LogP contribution in [0.15, 0.2) is 95.1 Å². The van der Waals surface area contributed by atoms with Gasteiger partial charge >= 0.3 is 0 Å². The van der Waals surface area contributed by atoms with Gasteiger partial charge in [0.05, 0.1) is 0 Å². The third kappa shape index (κ3) is 11.5. The van der Waals surface area contributed by atoms with Gasteiger partial charge in [0.25, 0.3) is 0 Å². The molecule has 200 valence electrons. The van der Waals surface area contributed by atoms with Crippen molar-refractivity contribution in [1.82, 2.24) is 0 Å². The molecule has 0 aliphatic carbocycles. The molecular weight excluding hydrogens is 448 g/mol. The second kappa shape index (κ2) is 16.3. The van der Waals surface area contributed by atoms with E-state index in [9.17, 15) is 0 Å². The highest BCUT2D eigenvalue weighted by Crippen LogP contribution is 2.32. The fraction of sp³-hybridized carbons (Fsp3) is 0.444. The monoisotopic (exact) mass is 498 g/mol. The number of hydrogen-bond donors (Lipinski definition) is 0. The molecule has 1 heteroatoms. The predicted octanol–water partition coefficient (Wildman–Crippen LogP) is 11.0. The maximum Gasteiger partial charge on any atom is 0.102 e. The van der Waals surface area contributed by atoms with Gasteiger partial charge in [-0.3, -0.25) is 0 Å². The zero-order chi connectivity index (χ0) is 27.2. The normalized spacial score (nSPS) is 13.7. The van der Waals surface area contributed by atoms with Crippen LogP contribution < -0.4 is 0 Å². The summed E-state index contributed by atoms with van der Waals surface area (Å²) in [4.78, 5) is 0. The zero-order valence-corrected chi connectivity index (χ0v) is 24.7. The van der Waals surface area contributed by atoms with E-state index >= 15 is 0 Å². The van der Waals surface area contributed by atoms with E-state index in [0.29, 0.717) is 0 Å². The van der Waals surface area contributed by atoms with Gasteiger partial charge in [0.1, 0.15) is 12.2 Å². The molecular formula is C36H50O. The molecule has 0 N–H and O–H groups in total. The van der Waals surface area contributed by atoms with Gasteiger partial charge in [-0.1, -0.05) is 109 Å². The topological polar surface area (TPSA) is 9.23 Å². The molecule has 0 fully saturated rings. The fourth-order valence-corrected chi connectivity index (χ4v) is 4.33. The van der Waals surface area contributed by atoms with Crippen molar-refractivity contribution in [3.05, 3.63) is 117 Å². The van der Waals surface area contributed by atoms with Crippen LogP contribution in [0, 0.1) is 0 Å². The van der Waals surface area contributed by atoms with Crippen LogP contribution in [-0.2, 0) is 17.6 Å². The summed E-state index contributed by atoms with van der Waals surface area (Å²) in [6, 6.07) is 17.9. The van der Waals surface area contributed by atoms with Gasteiger partial charge in [-0.05, 0) is 102 Å². The number of allylic oxidation sites excluding steroid dienone is 6. The van der Waals surface area contributed by atoms with Crippen molar-refractivity contribution in [2.75, 3.05) is 0 Å². The van der Waals surface area contributed by atoms with Crippen molar-refractivity contribution >= 4 is 0 Å². The first-order valence-corrected chi connectivity index (χ1v) is 14.2. The fourth-order valence-electron chi connectivity index (χ4n) is 4.33. The highest BCUT2D eigenvalue weighted by molar-refractivity contribution is 5.30. The van der Waals surface area contributed by atoms with Crippen molar-refractivity contribution in [3.63, 3.8) is 0 Å². The maximum atomic E-state index is 6.98. The second-order valence-corrected chi connectivity index (χ2v) is 10.8. The molecule has 2 rings (SSSR count). The highest BCUT2D eigenvalue weighted by Gasteiger charge is 2.18. The van der Waals surface area contributed by atoms with Crippen LogP contribution in [0.25, 0.3) is 0 Å². The Morgan fingerprint density at radius 3 is 1.24 bits per heavy atom. The Hall–Kier alpha value is -2.64. The van der Waals surface area contributed by atoms with E-state index in [1.54, 1.807) is 0 Å². The van der Waals surface area contributed by atoms with E-state index in [2.05, 4.69) is 128 Å². The zero-order valence-electron chi connectivity index (χ0n) is 24.7. The third-order valence-corrected chi connectivity index (χ3v) is 6.78. The lowest BCUT2D eigenvalue weighted by Crippen LogP contribution is -2.09. The quantitative estimate of drug-likeness (QED) is 0.235. The number of hydrogen-bond acceptors (Lipinski definition) is 1. The average Bonchev–Trinajstić information content (AvgIpc) is 2.87. The van der Waals surface area contributed by atoms with Gasteiger partial charge in [-0.15, -0.1) is 0 Å². The number of aryl methyl sites for hydroxylation is 2. The predicted molar refractivity (Wildman–Crippen MR) is 163 cm³/mol. The summed E-state index contributed by atoms with van der Waals surface area (Å²) in [6.45, 7) is 17.6. The molecule has 1 nitrogen and oxygen atoms in total. The third-order valence-electron chi connectivity index (χ3n) is 6.78. The molecule has 0 amide bonds. The molecule has 2 aromatic carbocycles. The summed E-state index contributed by atoms with van der Waals surface area (Å²) in [5.74, 6) is 0. The molecule has 2 unspecified atom stereocenters. The number of benzene rings is 2. The molecule has 0 aliphatic heterocycles. The van der Waals surface area contributed by atoms with E-state index in [1.165, 1.54) is 44.5 Å². The van der Waals surface area contributed by atoms with Gasteiger partial charge in [0.2, 0.25) is 0 Å². The maximum absolute atomic E-state index is 6.98. The van der Waals surface area contributed by atoms with E-state index in [0.717, 1.165) is 38.5 Å². The summed E-state index contributed by atoms with van der Waals surface area (Å²) < 4.78 is 6.98. The van der Waals surface area contributed by atoms with Crippen LogP contribution in [0.5, 0.6) is 0 Å². The SMILES string of the molecule is CCc1ccc(C(/C=C(\C)CCC=C(C)C)OC(/C=C(\C)CCC=C(C)C)c2ccc(CC)cc2)cc1. The second-order valence-electron chi connectivity index (χ2n) is 10.8. The molecule has 2 aromatic rings. The van der Waals surface area contributed by atoms with Crippen molar-refractivity contribution in [1.29, 1.82) is 0 Å². The Bertz CT molecular complexity index is 965. The number of ether oxygens (including phenoxy) is 1. The Labute approximate surface area is 228 Å². The molecule has 2 atom stereocenters. The molecule has 0 radical (unpaired) electrons. The van der Waals surface area contributed by atoms with Gasteiger partial charge in [-0.2, -0.15) is 0 Å². The van der Waals surface area contributed by atoms with Crippen LogP contribution in [0.1, 0.15) is 116 Å². The van der Waals surface area contributed by atoms with Gasteiger partial charge < -0.3 is 4.74 Å².